The lowest BCUT2D eigenvalue weighted by Crippen LogP contribution is -2.31. The quantitative estimate of drug-likeness (QED) is 0.781. The van der Waals surface area contributed by atoms with E-state index in [-0.39, 0.29) is 5.91 Å². The largest absolute Gasteiger partial charge is 0.286 e. The zero-order valence-electron chi connectivity index (χ0n) is 13.0. The number of benzene rings is 2. The van der Waals surface area contributed by atoms with Gasteiger partial charge in [0.1, 0.15) is 0 Å². The van der Waals surface area contributed by atoms with E-state index in [2.05, 4.69) is 4.99 Å². The highest BCUT2D eigenvalue weighted by Gasteiger charge is 2.26. The van der Waals surface area contributed by atoms with Crippen molar-refractivity contribution in [1.29, 1.82) is 0 Å². The molecule has 1 aliphatic heterocycles. The molecule has 0 saturated carbocycles. The number of amides is 1. The number of hydrogen-bond donors (Lipinski definition) is 0. The van der Waals surface area contributed by atoms with E-state index in [1.807, 2.05) is 56.3 Å². The summed E-state index contributed by atoms with van der Waals surface area (Å²) in [6.45, 7) is 4.62. The number of halogens is 1. The first kappa shape index (κ1) is 16.1. The van der Waals surface area contributed by atoms with Crippen LogP contribution < -0.4 is 0 Å². The van der Waals surface area contributed by atoms with Crippen molar-refractivity contribution >= 4 is 40.1 Å². The van der Waals surface area contributed by atoms with Crippen LogP contribution >= 0.6 is 23.4 Å². The van der Waals surface area contributed by atoms with E-state index in [9.17, 15) is 4.79 Å². The highest BCUT2D eigenvalue weighted by Crippen LogP contribution is 2.29. The van der Waals surface area contributed by atoms with Gasteiger partial charge in [-0.25, -0.2) is 4.99 Å². The molecule has 3 nitrogen and oxygen atoms in total. The van der Waals surface area contributed by atoms with E-state index >= 15 is 0 Å². The van der Waals surface area contributed by atoms with Crippen LogP contribution in [-0.2, 0) is 0 Å². The van der Waals surface area contributed by atoms with Crippen LogP contribution in [0.2, 0.25) is 5.02 Å². The molecule has 0 bridgehead atoms. The van der Waals surface area contributed by atoms with Crippen molar-refractivity contribution in [3.8, 4) is 0 Å². The molecule has 5 heteroatoms. The molecule has 1 aliphatic rings. The van der Waals surface area contributed by atoms with Gasteiger partial charge in [0.15, 0.2) is 5.17 Å². The van der Waals surface area contributed by atoms with E-state index in [0.717, 1.165) is 27.7 Å². The highest BCUT2D eigenvalue weighted by atomic mass is 35.5. The number of aryl methyl sites for hydroxylation is 1. The SMILES string of the molecule is Cc1ccc(C(=O)N2CCSC2=Nc2cccc(Cl)c2C)cc1. The van der Waals surface area contributed by atoms with Gasteiger partial charge in [0.25, 0.3) is 5.91 Å². The molecule has 2 aromatic carbocycles. The van der Waals surface area contributed by atoms with Crippen molar-refractivity contribution in [1.82, 2.24) is 4.90 Å². The number of aliphatic imine (C=N–C) groups is 1. The molecule has 1 saturated heterocycles. The van der Waals surface area contributed by atoms with Crippen molar-refractivity contribution in [2.24, 2.45) is 4.99 Å². The number of hydrogen-bond acceptors (Lipinski definition) is 3. The summed E-state index contributed by atoms with van der Waals surface area (Å²) in [4.78, 5) is 19.1. The van der Waals surface area contributed by atoms with E-state index in [4.69, 9.17) is 11.6 Å². The van der Waals surface area contributed by atoms with Gasteiger partial charge in [-0.2, -0.15) is 0 Å². The highest BCUT2D eigenvalue weighted by molar-refractivity contribution is 8.14. The van der Waals surface area contributed by atoms with Crippen LogP contribution in [0.15, 0.2) is 47.5 Å². The standard InChI is InChI=1S/C18H17ClN2OS/c1-12-6-8-14(9-7-12)17(22)21-10-11-23-18(21)20-16-5-3-4-15(19)13(16)2/h3-9H,10-11H2,1-2H3. The maximum atomic E-state index is 12.7. The Morgan fingerprint density at radius 3 is 2.65 bits per heavy atom. The molecule has 0 spiro atoms. The Hall–Kier alpha value is -1.78. The van der Waals surface area contributed by atoms with E-state index < -0.39 is 0 Å². The maximum Gasteiger partial charge on any atom is 0.259 e. The van der Waals surface area contributed by atoms with Gasteiger partial charge in [-0.3, -0.25) is 9.69 Å². The van der Waals surface area contributed by atoms with E-state index in [0.29, 0.717) is 17.1 Å². The maximum absolute atomic E-state index is 12.7. The minimum atomic E-state index is -0.00608. The number of nitrogens with zero attached hydrogens (tertiary/aromatic N) is 2. The van der Waals surface area contributed by atoms with Gasteiger partial charge in [0.05, 0.1) is 5.69 Å². The molecule has 1 amide bonds. The van der Waals surface area contributed by atoms with Crippen LogP contribution in [0.3, 0.4) is 0 Å². The predicted molar refractivity (Wildman–Crippen MR) is 98.0 cm³/mol. The summed E-state index contributed by atoms with van der Waals surface area (Å²) < 4.78 is 0. The Balaban J connectivity index is 1.90. The lowest BCUT2D eigenvalue weighted by molar-refractivity contribution is 0.0859. The van der Waals surface area contributed by atoms with Crippen molar-refractivity contribution < 1.29 is 4.79 Å². The average Bonchev–Trinajstić information content (AvgIpc) is 3.00. The second kappa shape index (κ2) is 6.77. The molecule has 0 unspecified atom stereocenters. The smallest absolute Gasteiger partial charge is 0.259 e. The van der Waals surface area contributed by atoms with E-state index in [1.165, 1.54) is 0 Å². The molecule has 118 valence electrons. The fourth-order valence-corrected chi connectivity index (χ4v) is 3.47. The van der Waals surface area contributed by atoms with E-state index in [1.54, 1.807) is 16.7 Å². The summed E-state index contributed by atoms with van der Waals surface area (Å²) in [6, 6.07) is 13.3. The molecule has 2 aromatic rings. The summed E-state index contributed by atoms with van der Waals surface area (Å²) in [5.74, 6) is 0.851. The molecule has 3 rings (SSSR count). The van der Waals surface area contributed by atoms with Gasteiger partial charge >= 0.3 is 0 Å². The van der Waals surface area contributed by atoms with Crippen molar-refractivity contribution in [2.75, 3.05) is 12.3 Å². The third-order valence-corrected chi connectivity index (χ3v) is 5.14. The second-order valence-corrected chi connectivity index (χ2v) is 6.92. The topological polar surface area (TPSA) is 32.7 Å². The zero-order valence-corrected chi connectivity index (χ0v) is 14.6. The molecular formula is C18H17ClN2OS. The normalized spacial score (nSPS) is 16.1. The predicted octanol–water partition coefficient (Wildman–Crippen LogP) is 4.83. The Labute approximate surface area is 145 Å². The summed E-state index contributed by atoms with van der Waals surface area (Å²) in [6.07, 6.45) is 0. The lowest BCUT2D eigenvalue weighted by Gasteiger charge is -2.16. The molecule has 1 fully saturated rings. The summed E-state index contributed by atoms with van der Waals surface area (Å²) >= 11 is 7.75. The van der Waals surface area contributed by atoms with Crippen molar-refractivity contribution in [3.63, 3.8) is 0 Å². The molecular weight excluding hydrogens is 328 g/mol. The van der Waals surface area contributed by atoms with Gasteiger partial charge in [-0.1, -0.05) is 47.1 Å². The lowest BCUT2D eigenvalue weighted by atomic mass is 10.1. The third-order valence-electron chi connectivity index (χ3n) is 3.78. The fourth-order valence-electron chi connectivity index (χ4n) is 2.36. The average molecular weight is 345 g/mol. The summed E-state index contributed by atoms with van der Waals surface area (Å²) in [5, 5.41) is 1.42. The first-order valence-electron chi connectivity index (χ1n) is 7.41. The molecule has 0 aliphatic carbocycles. The van der Waals surface area contributed by atoms with Gasteiger partial charge in [0.2, 0.25) is 0 Å². The minimum absolute atomic E-state index is 0.00608. The first-order chi connectivity index (χ1) is 11.1. The van der Waals surface area contributed by atoms with Crippen LogP contribution in [-0.4, -0.2) is 28.3 Å². The van der Waals surface area contributed by atoms with Crippen LogP contribution in [0.5, 0.6) is 0 Å². The zero-order chi connectivity index (χ0) is 16.4. The molecule has 0 radical (unpaired) electrons. The number of carbonyl (C=O) groups excluding carboxylic acids is 1. The van der Waals surface area contributed by atoms with Crippen LogP contribution in [0.4, 0.5) is 5.69 Å². The Morgan fingerprint density at radius 2 is 1.91 bits per heavy atom. The Bertz CT molecular complexity index is 771. The summed E-state index contributed by atoms with van der Waals surface area (Å²) in [7, 11) is 0. The number of rotatable bonds is 2. The molecule has 0 atom stereocenters. The first-order valence-corrected chi connectivity index (χ1v) is 8.78. The van der Waals surface area contributed by atoms with Crippen molar-refractivity contribution in [3.05, 3.63) is 64.2 Å². The van der Waals surface area contributed by atoms with Crippen LogP contribution in [0.1, 0.15) is 21.5 Å². The number of amidine groups is 1. The van der Waals surface area contributed by atoms with Crippen LogP contribution in [0, 0.1) is 13.8 Å². The monoisotopic (exact) mass is 344 g/mol. The van der Waals surface area contributed by atoms with Crippen LogP contribution in [0.25, 0.3) is 0 Å². The molecule has 0 aromatic heterocycles. The molecule has 0 N–H and O–H groups in total. The summed E-state index contributed by atoms with van der Waals surface area (Å²) in [5.41, 5.74) is 3.56. The third kappa shape index (κ3) is 3.43. The van der Waals surface area contributed by atoms with Crippen molar-refractivity contribution in [2.45, 2.75) is 13.8 Å². The second-order valence-electron chi connectivity index (χ2n) is 5.45. The number of thioether (sulfide) groups is 1. The van der Waals surface area contributed by atoms with Gasteiger partial charge in [0, 0.05) is 22.9 Å². The Morgan fingerprint density at radius 1 is 1.17 bits per heavy atom. The van der Waals surface area contributed by atoms with Gasteiger partial charge < -0.3 is 0 Å². The van der Waals surface area contributed by atoms with Gasteiger partial charge in [-0.05, 0) is 43.7 Å². The minimum Gasteiger partial charge on any atom is -0.286 e. The fraction of sp³-hybridized carbons (Fsp3) is 0.222. The molecule has 23 heavy (non-hydrogen) atoms. The number of carbonyl (C=O) groups is 1. The van der Waals surface area contributed by atoms with Gasteiger partial charge in [-0.15, -0.1) is 0 Å². The Kier molecular flexibility index (Phi) is 4.74. The molecule has 1 heterocycles.